The molecule has 3 aromatic rings. The van der Waals surface area contributed by atoms with Crippen LogP contribution in [-0.2, 0) is 17.8 Å². The predicted octanol–water partition coefficient (Wildman–Crippen LogP) is 6.30. The van der Waals surface area contributed by atoms with E-state index in [4.69, 9.17) is 9.72 Å². The molecule has 1 N–H and O–H groups in total. The van der Waals surface area contributed by atoms with Gasteiger partial charge in [-0.2, -0.15) is 0 Å². The van der Waals surface area contributed by atoms with Gasteiger partial charge in [-0.3, -0.25) is 4.79 Å². The second-order valence-corrected chi connectivity index (χ2v) is 8.70. The van der Waals surface area contributed by atoms with E-state index < -0.39 is 0 Å². The lowest BCUT2D eigenvalue weighted by Crippen LogP contribution is -2.31. The summed E-state index contributed by atoms with van der Waals surface area (Å²) in [5, 5.41) is 2.96. The third kappa shape index (κ3) is 8.56. The number of aryl methyl sites for hydroxylation is 1. The van der Waals surface area contributed by atoms with Crippen molar-refractivity contribution in [3.63, 3.8) is 0 Å². The van der Waals surface area contributed by atoms with E-state index in [1.165, 1.54) is 63.3 Å². The van der Waals surface area contributed by atoms with Gasteiger partial charge in [0.2, 0.25) is 0 Å². The summed E-state index contributed by atoms with van der Waals surface area (Å²) in [5.74, 6) is 1.64. The van der Waals surface area contributed by atoms with Crippen LogP contribution in [0.1, 0.15) is 70.5 Å². The second-order valence-electron chi connectivity index (χ2n) is 8.70. The summed E-state index contributed by atoms with van der Waals surface area (Å²) in [7, 11) is 0. The van der Waals surface area contributed by atoms with Gasteiger partial charge in [-0.1, -0.05) is 88.6 Å². The van der Waals surface area contributed by atoms with Crippen molar-refractivity contribution >= 4 is 16.9 Å². The minimum Gasteiger partial charge on any atom is -0.484 e. The van der Waals surface area contributed by atoms with Gasteiger partial charge in [-0.05, 0) is 30.7 Å². The van der Waals surface area contributed by atoms with Crippen molar-refractivity contribution in [2.24, 2.45) is 0 Å². The van der Waals surface area contributed by atoms with Crippen molar-refractivity contribution < 1.29 is 9.53 Å². The maximum absolute atomic E-state index is 12.2. The number of unbranched alkanes of at least 4 members (excludes halogenated alkanes) is 8. The number of rotatable bonds is 16. The number of carbonyl (C=O) groups excluding carboxylic acids is 1. The van der Waals surface area contributed by atoms with Gasteiger partial charge in [0.25, 0.3) is 5.91 Å². The summed E-state index contributed by atoms with van der Waals surface area (Å²) < 4.78 is 7.86. The van der Waals surface area contributed by atoms with E-state index in [9.17, 15) is 4.79 Å². The van der Waals surface area contributed by atoms with Gasteiger partial charge in [0, 0.05) is 19.5 Å². The monoisotopic (exact) mass is 449 g/mol. The van der Waals surface area contributed by atoms with Gasteiger partial charge < -0.3 is 14.6 Å². The highest BCUT2D eigenvalue weighted by Gasteiger charge is 2.11. The Balaban J connectivity index is 1.42. The third-order valence-electron chi connectivity index (χ3n) is 6.00. The number of carbonyl (C=O) groups is 1. The number of ether oxygens (including phenoxy) is 1. The van der Waals surface area contributed by atoms with Crippen LogP contribution in [0.4, 0.5) is 0 Å². The quantitative estimate of drug-likeness (QED) is 0.261. The Morgan fingerprint density at radius 1 is 0.879 bits per heavy atom. The summed E-state index contributed by atoms with van der Waals surface area (Å²) in [4.78, 5) is 17.0. The first kappa shape index (κ1) is 24.8. The van der Waals surface area contributed by atoms with Crippen LogP contribution in [0.15, 0.2) is 54.6 Å². The van der Waals surface area contributed by atoms with Crippen molar-refractivity contribution in [2.75, 3.05) is 13.2 Å². The van der Waals surface area contributed by atoms with E-state index in [0.29, 0.717) is 18.7 Å². The Kier molecular flexibility index (Phi) is 10.8. The van der Waals surface area contributed by atoms with Crippen LogP contribution < -0.4 is 10.1 Å². The maximum Gasteiger partial charge on any atom is 0.257 e. The molecule has 33 heavy (non-hydrogen) atoms. The largest absolute Gasteiger partial charge is 0.484 e. The van der Waals surface area contributed by atoms with Crippen LogP contribution in [0.5, 0.6) is 5.75 Å². The zero-order valence-corrected chi connectivity index (χ0v) is 20.1. The van der Waals surface area contributed by atoms with Gasteiger partial charge in [0.15, 0.2) is 6.61 Å². The highest BCUT2D eigenvalue weighted by Crippen LogP contribution is 2.18. The normalized spacial score (nSPS) is 11.1. The lowest BCUT2D eigenvalue weighted by atomic mass is 10.1. The SMILES string of the molecule is CCCCCCCCCCCn1c(CCNC(=O)COc2ccccc2)nc2ccccc21. The standard InChI is InChI=1S/C28H39N3O2/c1-2-3-4-5-6-7-8-9-15-22-31-26-19-14-13-18-25(26)30-27(31)20-21-29-28(32)23-33-24-16-11-10-12-17-24/h10-14,16-19H,2-9,15,20-23H2,1H3,(H,29,32). The highest BCUT2D eigenvalue weighted by atomic mass is 16.5. The lowest BCUT2D eigenvalue weighted by Gasteiger charge is -2.11. The number of para-hydroxylation sites is 3. The zero-order valence-electron chi connectivity index (χ0n) is 20.1. The minimum atomic E-state index is -0.111. The molecule has 0 saturated heterocycles. The van der Waals surface area contributed by atoms with Crippen molar-refractivity contribution in [2.45, 2.75) is 77.7 Å². The molecule has 1 aromatic heterocycles. The molecule has 3 rings (SSSR count). The van der Waals surface area contributed by atoms with Gasteiger partial charge in [0.1, 0.15) is 11.6 Å². The molecule has 2 aromatic carbocycles. The molecule has 0 aliphatic heterocycles. The predicted molar refractivity (Wildman–Crippen MR) is 136 cm³/mol. The molecule has 178 valence electrons. The van der Waals surface area contributed by atoms with Crippen molar-refractivity contribution in [3.8, 4) is 5.75 Å². The number of hydrogen-bond acceptors (Lipinski definition) is 3. The molecular formula is C28H39N3O2. The Labute approximate surface area is 198 Å². The molecule has 1 amide bonds. The minimum absolute atomic E-state index is 0.0267. The van der Waals surface area contributed by atoms with Gasteiger partial charge in [0.05, 0.1) is 11.0 Å². The number of fused-ring (bicyclic) bond motifs is 1. The van der Waals surface area contributed by atoms with E-state index in [2.05, 4.69) is 35.0 Å². The molecule has 0 unspecified atom stereocenters. The molecule has 0 saturated carbocycles. The molecule has 1 heterocycles. The van der Waals surface area contributed by atoms with Crippen LogP contribution in [-0.4, -0.2) is 28.6 Å². The molecule has 0 aliphatic rings. The molecule has 0 radical (unpaired) electrons. The Hall–Kier alpha value is -2.82. The van der Waals surface area contributed by atoms with Crippen LogP contribution in [0.3, 0.4) is 0 Å². The second kappa shape index (κ2) is 14.4. The smallest absolute Gasteiger partial charge is 0.257 e. The van der Waals surface area contributed by atoms with E-state index in [0.717, 1.165) is 17.9 Å². The third-order valence-corrected chi connectivity index (χ3v) is 6.00. The molecule has 5 nitrogen and oxygen atoms in total. The molecule has 0 bridgehead atoms. The summed E-state index contributed by atoms with van der Waals surface area (Å²) in [6.07, 6.45) is 12.6. The number of nitrogens with zero attached hydrogens (tertiary/aromatic N) is 2. The van der Waals surface area contributed by atoms with E-state index in [-0.39, 0.29) is 12.5 Å². The number of aromatic nitrogens is 2. The number of benzene rings is 2. The fraction of sp³-hybridized carbons (Fsp3) is 0.500. The summed E-state index contributed by atoms with van der Waals surface area (Å²) in [6, 6.07) is 17.7. The first-order valence-corrected chi connectivity index (χ1v) is 12.7. The summed E-state index contributed by atoms with van der Waals surface area (Å²) in [5.41, 5.74) is 2.22. The van der Waals surface area contributed by atoms with E-state index in [1.807, 2.05) is 36.4 Å². The van der Waals surface area contributed by atoms with E-state index >= 15 is 0 Å². The highest BCUT2D eigenvalue weighted by molar-refractivity contribution is 5.77. The molecular weight excluding hydrogens is 410 g/mol. The topological polar surface area (TPSA) is 56.2 Å². The van der Waals surface area contributed by atoms with Crippen LogP contribution >= 0.6 is 0 Å². The molecule has 0 fully saturated rings. The van der Waals surface area contributed by atoms with E-state index in [1.54, 1.807) is 0 Å². The number of hydrogen-bond donors (Lipinski definition) is 1. The number of nitrogens with one attached hydrogen (secondary N) is 1. The van der Waals surface area contributed by atoms with Crippen LogP contribution in [0.25, 0.3) is 11.0 Å². The average Bonchev–Trinajstić information content (AvgIpc) is 3.19. The average molecular weight is 450 g/mol. The number of imidazole rings is 1. The lowest BCUT2D eigenvalue weighted by molar-refractivity contribution is -0.123. The number of amides is 1. The van der Waals surface area contributed by atoms with Crippen LogP contribution in [0.2, 0.25) is 0 Å². The first-order valence-electron chi connectivity index (χ1n) is 12.7. The summed E-state index contributed by atoms with van der Waals surface area (Å²) >= 11 is 0. The van der Waals surface area contributed by atoms with Gasteiger partial charge >= 0.3 is 0 Å². The summed E-state index contributed by atoms with van der Waals surface area (Å²) in [6.45, 7) is 3.83. The fourth-order valence-corrected chi connectivity index (χ4v) is 4.18. The van der Waals surface area contributed by atoms with Crippen molar-refractivity contribution in [1.82, 2.24) is 14.9 Å². The van der Waals surface area contributed by atoms with Crippen molar-refractivity contribution in [1.29, 1.82) is 0 Å². The zero-order chi connectivity index (χ0) is 23.1. The maximum atomic E-state index is 12.2. The van der Waals surface area contributed by atoms with Crippen LogP contribution in [0, 0.1) is 0 Å². The molecule has 0 aliphatic carbocycles. The van der Waals surface area contributed by atoms with Gasteiger partial charge in [-0.15, -0.1) is 0 Å². The fourth-order valence-electron chi connectivity index (χ4n) is 4.18. The molecule has 0 spiro atoms. The van der Waals surface area contributed by atoms with Gasteiger partial charge in [-0.25, -0.2) is 4.98 Å². The van der Waals surface area contributed by atoms with Crippen molar-refractivity contribution in [3.05, 3.63) is 60.4 Å². The molecule has 5 heteroatoms. The Morgan fingerprint density at radius 3 is 2.30 bits per heavy atom. The molecule has 0 atom stereocenters. The first-order chi connectivity index (χ1) is 16.3. The Bertz CT molecular complexity index is 952. The Morgan fingerprint density at radius 2 is 1.55 bits per heavy atom.